The Labute approximate surface area is 146 Å². The van der Waals surface area contributed by atoms with E-state index in [1.54, 1.807) is 0 Å². The summed E-state index contributed by atoms with van der Waals surface area (Å²) >= 11 is 0. The van der Waals surface area contributed by atoms with Crippen molar-refractivity contribution in [2.45, 2.75) is 13.0 Å². The predicted octanol–water partition coefficient (Wildman–Crippen LogP) is 0.442. The van der Waals surface area contributed by atoms with Crippen LogP contribution >= 0.6 is 0 Å². The number of likely N-dealkylation sites (N-methyl/N-ethyl adjacent to an activating group) is 1. The van der Waals surface area contributed by atoms with E-state index >= 15 is 0 Å². The maximum absolute atomic E-state index is 12.5. The molecular weight excluding hydrogens is 322 g/mol. The van der Waals surface area contributed by atoms with Gasteiger partial charge in [-0.25, -0.2) is 0 Å². The number of ether oxygens (including phenoxy) is 2. The lowest BCUT2D eigenvalue weighted by molar-refractivity contribution is -0.136. The van der Waals surface area contributed by atoms with Crippen LogP contribution < -0.4 is 14.8 Å². The molecule has 2 heterocycles. The third-order valence-corrected chi connectivity index (χ3v) is 5.16. The lowest BCUT2D eigenvalue weighted by atomic mass is 10.2. The second-order valence-electron chi connectivity index (χ2n) is 6.98. The van der Waals surface area contributed by atoms with Gasteiger partial charge < -0.3 is 24.6 Å². The molecule has 1 saturated carbocycles. The maximum Gasteiger partial charge on any atom is 0.231 e. The Morgan fingerprint density at radius 2 is 1.88 bits per heavy atom. The lowest BCUT2D eigenvalue weighted by Crippen LogP contribution is -2.48. The van der Waals surface area contributed by atoms with Gasteiger partial charge in [-0.1, -0.05) is 6.07 Å². The molecule has 2 unspecified atom stereocenters. The molecule has 134 valence electrons. The summed E-state index contributed by atoms with van der Waals surface area (Å²) in [5.74, 6) is 1.22. The Balaban J connectivity index is 1.26. The van der Waals surface area contributed by atoms with E-state index in [1.807, 2.05) is 23.1 Å². The SMILES string of the molecule is CN1CCN(C(=O)C2CC2C(=O)NCc2ccc3c(c2)OCO3)CC1. The molecule has 4 rings (SSSR count). The zero-order chi connectivity index (χ0) is 17.4. The number of rotatable bonds is 4. The summed E-state index contributed by atoms with van der Waals surface area (Å²) in [5.41, 5.74) is 0.959. The summed E-state index contributed by atoms with van der Waals surface area (Å²) < 4.78 is 10.6. The van der Waals surface area contributed by atoms with Gasteiger partial charge in [0, 0.05) is 32.7 Å². The summed E-state index contributed by atoms with van der Waals surface area (Å²) in [6.07, 6.45) is 0.665. The van der Waals surface area contributed by atoms with Crippen molar-refractivity contribution in [3.05, 3.63) is 23.8 Å². The number of benzene rings is 1. The zero-order valence-corrected chi connectivity index (χ0v) is 14.4. The van der Waals surface area contributed by atoms with Crippen molar-refractivity contribution in [2.24, 2.45) is 11.8 Å². The molecule has 7 heteroatoms. The number of hydrogen-bond acceptors (Lipinski definition) is 5. The van der Waals surface area contributed by atoms with Crippen molar-refractivity contribution in [3.63, 3.8) is 0 Å². The van der Waals surface area contributed by atoms with E-state index in [9.17, 15) is 9.59 Å². The van der Waals surface area contributed by atoms with Gasteiger partial charge >= 0.3 is 0 Å². The molecule has 1 aromatic carbocycles. The monoisotopic (exact) mass is 345 g/mol. The van der Waals surface area contributed by atoms with Gasteiger partial charge in [0.1, 0.15) is 0 Å². The van der Waals surface area contributed by atoms with Crippen LogP contribution in [0.3, 0.4) is 0 Å². The second-order valence-corrected chi connectivity index (χ2v) is 6.98. The standard InChI is InChI=1S/C18H23N3O4/c1-20-4-6-21(7-5-20)18(23)14-9-13(14)17(22)19-10-12-2-3-15-16(8-12)25-11-24-15/h2-3,8,13-14H,4-7,9-11H2,1H3,(H,19,22). The minimum absolute atomic E-state index is 0.0369. The number of fused-ring (bicyclic) bond motifs is 1. The molecule has 0 radical (unpaired) electrons. The maximum atomic E-state index is 12.5. The Morgan fingerprint density at radius 1 is 1.12 bits per heavy atom. The van der Waals surface area contributed by atoms with Gasteiger partial charge in [0.15, 0.2) is 11.5 Å². The first kappa shape index (κ1) is 16.2. The van der Waals surface area contributed by atoms with Crippen LogP contribution in [0, 0.1) is 11.8 Å². The molecule has 0 bridgehead atoms. The van der Waals surface area contributed by atoms with Gasteiger partial charge in [0.05, 0.1) is 11.8 Å². The number of hydrogen-bond donors (Lipinski definition) is 1. The Kier molecular flexibility index (Phi) is 4.25. The molecule has 7 nitrogen and oxygen atoms in total. The van der Waals surface area contributed by atoms with Crippen LogP contribution in [0.25, 0.3) is 0 Å². The first-order valence-electron chi connectivity index (χ1n) is 8.75. The topological polar surface area (TPSA) is 71.1 Å². The number of amides is 2. The molecule has 2 aliphatic heterocycles. The van der Waals surface area contributed by atoms with Crippen LogP contribution in [-0.2, 0) is 16.1 Å². The summed E-state index contributed by atoms with van der Waals surface area (Å²) in [7, 11) is 2.06. The highest BCUT2D eigenvalue weighted by atomic mass is 16.7. The molecule has 0 aromatic heterocycles. The van der Waals surface area contributed by atoms with Gasteiger partial charge in [-0.2, -0.15) is 0 Å². The molecule has 3 aliphatic rings. The smallest absolute Gasteiger partial charge is 0.231 e. The third-order valence-electron chi connectivity index (χ3n) is 5.16. The quantitative estimate of drug-likeness (QED) is 0.858. The van der Waals surface area contributed by atoms with Gasteiger partial charge in [-0.05, 0) is 31.2 Å². The van der Waals surface area contributed by atoms with Crippen LogP contribution in [0.15, 0.2) is 18.2 Å². The first-order valence-corrected chi connectivity index (χ1v) is 8.75. The molecule has 1 aliphatic carbocycles. The summed E-state index contributed by atoms with van der Waals surface area (Å²) in [6, 6.07) is 5.64. The molecule has 25 heavy (non-hydrogen) atoms. The molecule has 1 aromatic rings. The molecule has 2 amide bonds. The Bertz CT molecular complexity index is 685. The summed E-state index contributed by atoms with van der Waals surface area (Å²) in [6.45, 7) is 4.00. The predicted molar refractivity (Wildman–Crippen MR) is 90.1 cm³/mol. The number of carbonyl (C=O) groups is 2. The van der Waals surface area contributed by atoms with E-state index in [-0.39, 0.29) is 30.4 Å². The third kappa shape index (κ3) is 3.42. The van der Waals surface area contributed by atoms with E-state index in [2.05, 4.69) is 17.3 Å². The minimum atomic E-state index is -0.179. The largest absolute Gasteiger partial charge is 0.454 e. The molecule has 0 spiro atoms. The average Bonchev–Trinajstić information content (AvgIpc) is 3.29. The van der Waals surface area contributed by atoms with Gasteiger partial charge in [-0.3, -0.25) is 9.59 Å². The van der Waals surface area contributed by atoms with Gasteiger partial charge in [-0.15, -0.1) is 0 Å². The van der Waals surface area contributed by atoms with E-state index in [4.69, 9.17) is 9.47 Å². The van der Waals surface area contributed by atoms with E-state index < -0.39 is 0 Å². The highest BCUT2D eigenvalue weighted by Crippen LogP contribution is 2.40. The number of carbonyl (C=O) groups excluding carboxylic acids is 2. The van der Waals surface area contributed by atoms with Crippen molar-refractivity contribution in [1.82, 2.24) is 15.1 Å². The molecule has 1 N–H and O–H groups in total. The molecule has 2 fully saturated rings. The molecule has 1 saturated heterocycles. The zero-order valence-electron chi connectivity index (χ0n) is 14.4. The Morgan fingerprint density at radius 3 is 2.68 bits per heavy atom. The van der Waals surface area contributed by atoms with Crippen LogP contribution in [0.1, 0.15) is 12.0 Å². The fourth-order valence-electron chi connectivity index (χ4n) is 3.39. The highest BCUT2D eigenvalue weighted by molar-refractivity contribution is 5.92. The Hall–Kier alpha value is -2.28. The van der Waals surface area contributed by atoms with Crippen LogP contribution in [0.5, 0.6) is 11.5 Å². The van der Waals surface area contributed by atoms with E-state index in [0.717, 1.165) is 37.5 Å². The highest BCUT2D eigenvalue weighted by Gasteiger charge is 2.49. The average molecular weight is 345 g/mol. The van der Waals surface area contributed by atoms with Crippen molar-refractivity contribution < 1.29 is 19.1 Å². The van der Waals surface area contributed by atoms with Crippen LogP contribution in [-0.4, -0.2) is 61.6 Å². The lowest BCUT2D eigenvalue weighted by Gasteiger charge is -2.32. The van der Waals surface area contributed by atoms with Crippen molar-refractivity contribution >= 4 is 11.8 Å². The number of nitrogens with zero attached hydrogens (tertiary/aromatic N) is 2. The van der Waals surface area contributed by atoms with Gasteiger partial charge in [0.2, 0.25) is 18.6 Å². The molecule has 2 atom stereocenters. The van der Waals surface area contributed by atoms with E-state index in [0.29, 0.717) is 18.7 Å². The number of piperazine rings is 1. The van der Waals surface area contributed by atoms with Gasteiger partial charge in [0.25, 0.3) is 0 Å². The fourth-order valence-corrected chi connectivity index (χ4v) is 3.39. The van der Waals surface area contributed by atoms with E-state index in [1.165, 1.54) is 0 Å². The summed E-state index contributed by atoms with van der Waals surface area (Å²) in [5, 5.41) is 2.93. The van der Waals surface area contributed by atoms with Crippen molar-refractivity contribution in [2.75, 3.05) is 40.0 Å². The fraction of sp³-hybridized carbons (Fsp3) is 0.556. The normalized spacial score (nSPS) is 24.9. The van der Waals surface area contributed by atoms with Crippen molar-refractivity contribution in [3.8, 4) is 11.5 Å². The second kappa shape index (κ2) is 6.55. The molecular formula is C18H23N3O4. The van der Waals surface area contributed by atoms with Crippen molar-refractivity contribution in [1.29, 1.82) is 0 Å². The minimum Gasteiger partial charge on any atom is -0.454 e. The summed E-state index contributed by atoms with van der Waals surface area (Å²) in [4.78, 5) is 28.9. The number of nitrogens with one attached hydrogen (secondary N) is 1. The first-order chi connectivity index (χ1) is 12.1. The van der Waals surface area contributed by atoms with Crippen LogP contribution in [0.4, 0.5) is 0 Å². The van der Waals surface area contributed by atoms with Crippen LogP contribution in [0.2, 0.25) is 0 Å².